The molecule has 236 valence electrons. The van der Waals surface area contributed by atoms with Crippen LogP contribution >= 0.6 is 0 Å². The van der Waals surface area contributed by atoms with Crippen molar-refractivity contribution in [1.82, 2.24) is 10.6 Å². The molecule has 0 bridgehead atoms. The normalized spacial score (nSPS) is 29.8. The fourth-order valence-corrected chi connectivity index (χ4v) is 8.00. The molecule has 12 heteroatoms. The molecular formula is C32H33F5N2O5. The first-order valence-electron chi connectivity index (χ1n) is 14.5. The second kappa shape index (κ2) is 11.3. The molecule has 4 aliphatic carbocycles. The molecule has 4 N–H and O–H groups in total. The van der Waals surface area contributed by atoms with Crippen molar-refractivity contribution in [3.63, 3.8) is 0 Å². The van der Waals surface area contributed by atoms with E-state index in [0.29, 0.717) is 36.8 Å². The summed E-state index contributed by atoms with van der Waals surface area (Å²) in [5, 5.41) is 24.5. The summed E-state index contributed by atoms with van der Waals surface area (Å²) in [6.07, 6.45) is -3.20. The monoisotopic (exact) mass is 620 g/mol. The van der Waals surface area contributed by atoms with Gasteiger partial charge in [-0.2, -0.15) is 22.0 Å². The second-order valence-corrected chi connectivity index (χ2v) is 12.3. The Kier molecular flexibility index (Phi) is 8.16. The van der Waals surface area contributed by atoms with Crippen LogP contribution in [-0.2, 0) is 9.59 Å². The molecule has 44 heavy (non-hydrogen) atoms. The average Bonchev–Trinajstić information content (AvgIpc) is 3.24. The van der Waals surface area contributed by atoms with E-state index in [1.54, 1.807) is 30.3 Å². The number of ketones is 1. The number of alkyl halides is 5. The molecule has 2 amide bonds. The highest BCUT2D eigenvalue weighted by Gasteiger charge is 2.79. The molecule has 0 aromatic heterocycles. The number of urea groups is 1. The molecule has 5 rings (SSSR count). The van der Waals surface area contributed by atoms with E-state index in [1.807, 2.05) is 0 Å². The zero-order valence-corrected chi connectivity index (χ0v) is 24.0. The summed E-state index contributed by atoms with van der Waals surface area (Å²) in [5.74, 6) is -2.32. The molecule has 1 aromatic rings. The predicted molar refractivity (Wildman–Crippen MR) is 149 cm³/mol. The number of allylic oxidation sites excluding steroid dienone is 4. The molecule has 2 fully saturated rings. The highest BCUT2D eigenvalue weighted by Crippen LogP contribution is 2.70. The van der Waals surface area contributed by atoms with Crippen LogP contribution in [0.1, 0.15) is 68.9 Å². The molecule has 0 radical (unpaired) electrons. The maximum Gasteiger partial charge on any atom is 0.456 e. The molecule has 5 atom stereocenters. The Morgan fingerprint density at radius 2 is 1.75 bits per heavy atom. The molecule has 0 unspecified atom stereocenters. The van der Waals surface area contributed by atoms with Gasteiger partial charge in [0.05, 0.1) is 6.54 Å². The third kappa shape index (κ3) is 5.29. The first-order valence-corrected chi connectivity index (χ1v) is 14.5. The number of carboxylic acid groups (broad SMARTS) is 1. The molecular weight excluding hydrogens is 587 g/mol. The van der Waals surface area contributed by atoms with Crippen LogP contribution in [0, 0.1) is 29.1 Å². The van der Waals surface area contributed by atoms with E-state index in [0.717, 1.165) is 16.7 Å². The Morgan fingerprint density at radius 1 is 1.05 bits per heavy atom. The van der Waals surface area contributed by atoms with Gasteiger partial charge in [-0.3, -0.25) is 9.59 Å². The largest absolute Gasteiger partial charge is 0.480 e. The lowest BCUT2D eigenvalue weighted by molar-refractivity contribution is -0.362. The van der Waals surface area contributed by atoms with Gasteiger partial charge in [-0.1, -0.05) is 36.5 Å². The van der Waals surface area contributed by atoms with E-state index in [2.05, 4.69) is 22.5 Å². The smallest absolute Gasteiger partial charge is 0.456 e. The fourth-order valence-electron chi connectivity index (χ4n) is 8.00. The number of amides is 2. The van der Waals surface area contributed by atoms with Gasteiger partial charge < -0.3 is 20.8 Å². The fraction of sp³-hybridized carbons (Fsp3) is 0.531. The van der Waals surface area contributed by atoms with Crippen LogP contribution in [0.5, 0.6) is 0 Å². The quantitative estimate of drug-likeness (QED) is 0.265. The van der Waals surface area contributed by atoms with Crippen molar-refractivity contribution in [3.8, 4) is 11.8 Å². The number of hydrogen-bond donors (Lipinski definition) is 4. The Bertz CT molecular complexity index is 1490. The minimum atomic E-state index is -5.91. The molecule has 1 aromatic carbocycles. The van der Waals surface area contributed by atoms with Crippen molar-refractivity contribution in [1.29, 1.82) is 0 Å². The molecule has 0 heterocycles. The highest BCUT2D eigenvalue weighted by atomic mass is 19.4. The summed E-state index contributed by atoms with van der Waals surface area (Å²) >= 11 is 0. The minimum absolute atomic E-state index is 0.0110. The van der Waals surface area contributed by atoms with Gasteiger partial charge in [0, 0.05) is 23.3 Å². The zero-order chi connectivity index (χ0) is 32.1. The van der Waals surface area contributed by atoms with Crippen LogP contribution in [0.25, 0.3) is 0 Å². The average molecular weight is 621 g/mol. The summed E-state index contributed by atoms with van der Waals surface area (Å²) in [4.78, 5) is 34.3. The first-order chi connectivity index (χ1) is 20.6. The SMILES string of the molecule is C[C@]12C[C@H](c3ccc(C#CCNC(=O)NCC(=O)O)cc3)C3=C4CCC(=O)C=C4CC[C@H]3[C@@H]1CC[C@@]2(O)C(F)(F)C(F)(F)F. The number of aliphatic carboxylic acids is 1. The summed E-state index contributed by atoms with van der Waals surface area (Å²) < 4.78 is 71.5. The first kappa shape index (κ1) is 31.7. The van der Waals surface area contributed by atoms with Crippen LogP contribution in [-0.4, -0.2) is 58.8 Å². The lowest BCUT2D eigenvalue weighted by atomic mass is 9.50. The Morgan fingerprint density at radius 3 is 2.41 bits per heavy atom. The molecule has 4 aliphatic rings. The topological polar surface area (TPSA) is 116 Å². The summed E-state index contributed by atoms with van der Waals surface area (Å²) in [6.45, 7) is 0.779. The summed E-state index contributed by atoms with van der Waals surface area (Å²) in [7, 11) is 0. The van der Waals surface area contributed by atoms with Gasteiger partial charge in [0.15, 0.2) is 5.78 Å². The second-order valence-electron chi connectivity index (χ2n) is 12.3. The summed E-state index contributed by atoms with van der Waals surface area (Å²) in [6, 6.07) is 6.18. The van der Waals surface area contributed by atoms with Crippen LogP contribution < -0.4 is 10.6 Å². The maximum atomic E-state index is 15.1. The Balaban J connectivity index is 1.48. The van der Waals surface area contributed by atoms with E-state index < -0.39 is 59.9 Å². The number of rotatable bonds is 5. The van der Waals surface area contributed by atoms with Gasteiger partial charge in [0.2, 0.25) is 0 Å². The number of fused-ring (bicyclic) bond motifs is 4. The van der Waals surface area contributed by atoms with E-state index >= 15 is 8.78 Å². The number of nitrogens with one attached hydrogen (secondary N) is 2. The van der Waals surface area contributed by atoms with Gasteiger partial charge in [-0.15, -0.1) is 0 Å². The number of halogens is 5. The number of carbonyl (C=O) groups excluding carboxylic acids is 2. The van der Waals surface area contributed by atoms with Gasteiger partial charge in [-0.05, 0) is 85.3 Å². The molecule has 2 saturated carbocycles. The van der Waals surface area contributed by atoms with Crippen LogP contribution in [0.2, 0.25) is 0 Å². The van der Waals surface area contributed by atoms with Crippen molar-refractivity contribution in [2.75, 3.05) is 13.1 Å². The predicted octanol–water partition coefficient (Wildman–Crippen LogP) is 5.25. The molecule has 0 saturated heterocycles. The zero-order valence-electron chi connectivity index (χ0n) is 24.0. The van der Waals surface area contributed by atoms with Crippen molar-refractivity contribution in [2.45, 2.75) is 75.5 Å². The van der Waals surface area contributed by atoms with Crippen molar-refractivity contribution < 1.29 is 46.5 Å². The number of aliphatic hydroxyl groups is 1. The van der Waals surface area contributed by atoms with Crippen LogP contribution in [0.3, 0.4) is 0 Å². The Labute approximate surface area is 251 Å². The van der Waals surface area contributed by atoms with Crippen molar-refractivity contribution >= 4 is 17.8 Å². The van der Waals surface area contributed by atoms with Gasteiger partial charge >= 0.3 is 24.1 Å². The van der Waals surface area contributed by atoms with Crippen LogP contribution in [0.15, 0.2) is 47.1 Å². The van der Waals surface area contributed by atoms with E-state index in [4.69, 9.17) is 5.11 Å². The van der Waals surface area contributed by atoms with Crippen molar-refractivity contribution in [3.05, 3.63) is 58.2 Å². The summed E-state index contributed by atoms with van der Waals surface area (Å²) in [5.41, 5.74) is -0.888. The maximum absolute atomic E-state index is 15.1. The van der Waals surface area contributed by atoms with Crippen molar-refractivity contribution in [2.24, 2.45) is 17.3 Å². The minimum Gasteiger partial charge on any atom is -0.480 e. The molecule has 7 nitrogen and oxygen atoms in total. The molecule has 0 spiro atoms. The van der Waals surface area contributed by atoms with E-state index in [-0.39, 0.29) is 31.1 Å². The highest BCUT2D eigenvalue weighted by molar-refractivity contribution is 5.93. The number of carbonyl (C=O) groups is 3. The third-order valence-corrected chi connectivity index (χ3v) is 10.0. The lowest BCUT2D eigenvalue weighted by Gasteiger charge is -2.56. The van der Waals surface area contributed by atoms with Gasteiger partial charge in [0.1, 0.15) is 12.1 Å². The standard InChI is InChI=1S/C32H33F5N2O5/c1-29-16-24(19-6-4-18(5-7-19)3-2-14-38-28(43)39-17-26(41)42)27-22-11-9-21(40)15-20(22)8-10-23(27)25(29)12-13-30(29,44)31(33,34)32(35,36)37/h4-7,15,23-25,44H,8-14,16-17H2,1H3,(H,41,42)(H2,38,39,43)/t23-,24+,25-,29-,30-/m0/s1. The number of carboxylic acids is 1. The Hall–Kier alpha value is -3.72. The molecule has 0 aliphatic heterocycles. The number of hydrogen-bond acceptors (Lipinski definition) is 4. The van der Waals surface area contributed by atoms with E-state index in [9.17, 15) is 32.7 Å². The number of benzene rings is 1. The van der Waals surface area contributed by atoms with Crippen LogP contribution in [0.4, 0.5) is 26.7 Å². The third-order valence-electron chi connectivity index (χ3n) is 10.0. The lowest BCUT2D eigenvalue weighted by Crippen LogP contribution is -2.65. The van der Waals surface area contributed by atoms with Gasteiger partial charge in [0.25, 0.3) is 0 Å². The van der Waals surface area contributed by atoms with E-state index in [1.165, 1.54) is 6.92 Å². The van der Waals surface area contributed by atoms with Gasteiger partial charge in [-0.25, -0.2) is 4.79 Å².